The highest BCUT2D eigenvalue weighted by molar-refractivity contribution is 5.81. The van der Waals surface area contributed by atoms with E-state index in [1.54, 1.807) is 0 Å². The van der Waals surface area contributed by atoms with Crippen LogP contribution in [0.4, 0.5) is 0 Å². The quantitative estimate of drug-likeness (QED) is 0.593. The second-order valence-corrected chi connectivity index (χ2v) is 8.44. The zero-order chi connectivity index (χ0) is 17.8. The molecule has 2 saturated carbocycles. The van der Waals surface area contributed by atoms with Gasteiger partial charge in [0.25, 0.3) is 0 Å². The van der Waals surface area contributed by atoms with Crippen molar-refractivity contribution in [3.05, 3.63) is 0 Å². The SMILES string of the molecule is CCN=C(NC1CCN(C(=O)C(C)C)C1)NC1CC1C1CCCCC1. The number of carbonyl (C=O) groups excluding carboxylic acids is 1. The maximum absolute atomic E-state index is 12.2. The topological polar surface area (TPSA) is 56.7 Å². The van der Waals surface area contributed by atoms with Crippen LogP contribution in [0.1, 0.15) is 65.7 Å². The van der Waals surface area contributed by atoms with Gasteiger partial charge in [0.1, 0.15) is 0 Å². The van der Waals surface area contributed by atoms with Crippen molar-refractivity contribution in [1.29, 1.82) is 0 Å². The molecule has 5 nitrogen and oxygen atoms in total. The number of carbonyl (C=O) groups is 1. The molecule has 5 heteroatoms. The first kappa shape index (κ1) is 18.5. The molecule has 0 aromatic carbocycles. The molecule has 3 atom stereocenters. The van der Waals surface area contributed by atoms with Gasteiger partial charge in [0, 0.05) is 37.6 Å². The molecule has 1 amide bonds. The standard InChI is InChI=1S/C20H36N4O/c1-4-21-20(22-16-10-11-24(13-16)19(25)14(2)3)23-18-12-17(18)15-8-6-5-7-9-15/h14-18H,4-13H2,1-3H3,(H2,21,22,23). The summed E-state index contributed by atoms with van der Waals surface area (Å²) in [4.78, 5) is 18.8. The fraction of sp³-hybridized carbons (Fsp3) is 0.900. The lowest BCUT2D eigenvalue weighted by molar-refractivity contribution is -0.133. The molecule has 1 heterocycles. The number of rotatable bonds is 5. The van der Waals surface area contributed by atoms with Gasteiger partial charge in [-0.05, 0) is 31.6 Å². The van der Waals surface area contributed by atoms with Crippen LogP contribution in [0.5, 0.6) is 0 Å². The Kier molecular flexibility index (Phi) is 6.24. The average Bonchev–Trinajstić information content (AvgIpc) is 3.22. The molecule has 2 N–H and O–H groups in total. The predicted molar refractivity (Wildman–Crippen MR) is 103 cm³/mol. The first-order valence-corrected chi connectivity index (χ1v) is 10.4. The first-order chi connectivity index (χ1) is 12.1. The van der Waals surface area contributed by atoms with Gasteiger partial charge in [-0.25, -0.2) is 0 Å². The maximum atomic E-state index is 12.2. The molecule has 0 bridgehead atoms. The minimum Gasteiger partial charge on any atom is -0.353 e. The number of likely N-dealkylation sites (tertiary alicyclic amines) is 1. The molecule has 0 aromatic rings. The normalized spacial score (nSPS) is 30.6. The Morgan fingerprint density at radius 1 is 1.16 bits per heavy atom. The summed E-state index contributed by atoms with van der Waals surface area (Å²) in [5, 5.41) is 7.25. The molecule has 25 heavy (non-hydrogen) atoms. The van der Waals surface area contributed by atoms with Crippen molar-refractivity contribution in [2.24, 2.45) is 22.7 Å². The predicted octanol–water partition coefficient (Wildman–Crippen LogP) is 2.77. The van der Waals surface area contributed by atoms with Gasteiger partial charge in [0.2, 0.25) is 5.91 Å². The largest absolute Gasteiger partial charge is 0.353 e. The Morgan fingerprint density at radius 3 is 2.60 bits per heavy atom. The second kappa shape index (κ2) is 8.41. The molecule has 1 saturated heterocycles. The van der Waals surface area contributed by atoms with Crippen molar-refractivity contribution >= 4 is 11.9 Å². The zero-order valence-electron chi connectivity index (χ0n) is 16.3. The van der Waals surface area contributed by atoms with Crippen molar-refractivity contribution in [2.75, 3.05) is 19.6 Å². The minimum absolute atomic E-state index is 0.0865. The van der Waals surface area contributed by atoms with Crippen LogP contribution in [-0.4, -0.2) is 48.5 Å². The van der Waals surface area contributed by atoms with E-state index in [9.17, 15) is 4.79 Å². The molecule has 142 valence electrons. The number of aliphatic imine (C=N–C) groups is 1. The Bertz CT molecular complexity index is 484. The summed E-state index contributed by atoms with van der Waals surface area (Å²) in [6.07, 6.45) is 9.43. The number of amides is 1. The molecule has 2 aliphatic carbocycles. The number of nitrogens with zero attached hydrogens (tertiary/aromatic N) is 2. The zero-order valence-corrected chi connectivity index (χ0v) is 16.3. The number of hydrogen-bond acceptors (Lipinski definition) is 2. The third kappa shape index (κ3) is 4.89. The van der Waals surface area contributed by atoms with Crippen molar-refractivity contribution in [3.63, 3.8) is 0 Å². The second-order valence-electron chi connectivity index (χ2n) is 8.44. The smallest absolute Gasteiger partial charge is 0.225 e. The van der Waals surface area contributed by atoms with E-state index in [0.717, 1.165) is 43.9 Å². The Balaban J connectivity index is 1.46. The van der Waals surface area contributed by atoms with Gasteiger partial charge in [0.15, 0.2) is 5.96 Å². The van der Waals surface area contributed by atoms with Gasteiger partial charge in [-0.1, -0.05) is 46.0 Å². The Morgan fingerprint density at radius 2 is 1.92 bits per heavy atom. The van der Waals surface area contributed by atoms with E-state index in [1.165, 1.54) is 38.5 Å². The molecule has 3 rings (SSSR count). The van der Waals surface area contributed by atoms with Gasteiger partial charge in [-0.3, -0.25) is 9.79 Å². The highest BCUT2D eigenvalue weighted by Crippen LogP contribution is 2.44. The van der Waals surface area contributed by atoms with Crippen molar-refractivity contribution in [1.82, 2.24) is 15.5 Å². The molecule has 3 fully saturated rings. The third-order valence-corrected chi connectivity index (χ3v) is 6.07. The fourth-order valence-electron chi connectivity index (χ4n) is 4.57. The van der Waals surface area contributed by atoms with Crippen molar-refractivity contribution in [2.45, 2.75) is 77.8 Å². The third-order valence-electron chi connectivity index (χ3n) is 6.07. The average molecular weight is 349 g/mol. The van der Waals surface area contributed by atoms with E-state index >= 15 is 0 Å². The van der Waals surface area contributed by atoms with Crippen LogP contribution in [0.15, 0.2) is 4.99 Å². The van der Waals surface area contributed by atoms with Crippen LogP contribution in [0.25, 0.3) is 0 Å². The fourth-order valence-corrected chi connectivity index (χ4v) is 4.57. The van der Waals surface area contributed by atoms with Crippen LogP contribution >= 0.6 is 0 Å². The Hall–Kier alpha value is -1.26. The lowest BCUT2D eigenvalue weighted by atomic mass is 9.85. The van der Waals surface area contributed by atoms with E-state index in [1.807, 2.05) is 18.7 Å². The van der Waals surface area contributed by atoms with Crippen LogP contribution < -0.4 is 10.6 Å². The summed E-state index contributed by atoms with van der Waals surface area (Å²) < 4.78 is 0. The summed E-state index contributed by atoms with van der Waals surface area (Å²) in [5.41, 5.74) is 0. The Labute approximate surface area is 153 Å². The molecule has 0 spiro atoms. The number of guanidine groups is 1. The molecule has 3 aliphatic rings. The van der Waals surface area contributed by atoms with E-state index < -0.39 is 0 Å². The van der Waals surface area contributed by atoms with Crippen molar-refractivity contribution in [3.8, 4) is 0 Å². The number of nitrogens with one attached hydrogen (secondary N) is 2. The highest BCUT2D eigenvalue weighted by atomic mass is 16.2. The monoisotopic (exact) mass is 348 g/mol. The van der Waals surface area contributed by atoms with E-state index in [-0.39, 0.29) is 11.8 Å². The van der Waals surface area contributed by atoms with Crippen molar-refractivity contribution < 1.29 is 4.79 Å². The van der Waals surface area contributed by atoms with Gasteiger partial charge in [-0.2, -0.15) is 0 Å². The number of hydrogen-bond donors (Lipinski definition) is 2. The molecule has 1 aliphatic heterocycles. The van der Waals surface area contributed by atoms with Gasteiger partial charge in [-0.15, -0.1) is 0 Å². The van der Waals surface area contributed by atoms with Gasteiger partial charge < -0.3 is 15.5 Å². The maximum Gasteiger partial charge on any atom is 0.225 e. The summed E-state index contributed by atoms with van der Waals surface area (Å²) >= 11 is 0. The summed E-state index contributed by atoms with van der Waals surface area (Å²) in [6.45, 7) is 8.50. The lowest BCUT2D eigenvalue weighted by Crippen LogP contribution is -2.46. The minimum atomic E-state index is 0.0865. The van der Waals surface area contributed by atoms with E-state index in [2.05, 4.69) is 22.5 Å². The molecule has 0 aromatic heterocycles. The van der Waals surface area contributed by atoms with E-state index in [0.29, 0.717) is 12.1 Å². The summed E-state index contributed by atoms with van der Waals surface area (Å²) in [6, 6.07) is 0.933. The molecular formula is C20H36N4O. The van der Waals surface area contributed by atoms with Gasteiger partial charge >= 0.3 is 0 Å². The summed E-state index contributed by atoms with van der Waals surface area (Å²) in [7, 11) is 0. The van der Waals surface area contributed by atoms with Gasteiger partial charge in [0.05, 0.1) is 0 Å². The summed E-state index contributed by atoms with van der Waals surface area (Å²) in [5.74, 6) is 3.09. The lowest BCUT2D eigenvalue weighted by Gasteiger charge is -2.23. The molecular weight excluding hydrogens is 312 g/mol. The van der Waals surface area contributed by atoms with Crippen LogP contribution in [0.2, 0.25) is 0 Å². The van der Waals surface area contributed by atoms with Crippen LogP contribution in [-0.2, 0) is 4.79 Å². The van der Waals surface area contributed by atoms with Crippen LogP contribution in [0.3, 0.4) is 0 Å². The van der Waals surface area contributed by atoms with E-state index in [4.69, 9.17) is 0 Å². The van der Waals surface area contributed by atoms with Crippen LogP contribution in [0, 0.1) is 17.8 Å². The first-order valence-electron chi connectivity index (χ1n) is 10.4. The molecule has 3 unspecified atom stereocenters. The molecule has 0 radical (unpaired) electrons. The highest BCUT2D eigenvalue weighted by Gasteiger charge is 2.43.